The number of aryl methyl sites for hydroxylation is 1. The van der Waals surface area contributed by atoms with Gasteiger partial charge in [-0.15, -0.1) is 11.3 Å². The first-order valence-corrected chi connectivity index (χ1v) is 7.90. The van der Waals surface area contributed by atoms with Crippen LogP contribution in [0.25, 0.3) is 0 Å². The Morgan fingerprint density at radius 2 is 2.06 bits per heavy atom. The van der Waals surface area contributed by atoms with Crippen molar-refractivity contribution < 1.29 is 0 Å². The molecule has 1 heterocycles. The van der Waals surface area contributed by atoms with Gasteiger partial charge in [-0.25, -0.2) is 4.98 Å². The third-order valence-electron chi connectivity index (χ3n) is 2.99. The molecule has 0 unspecified atom stereocenters. The Labute approximate surface area is 116 Å². The zero-order chi connectivity index (χ0) is 13.2. The molecule has 0 aliphatic carbocycles. The number of unbranched alkanes of at least 4 members (excludes halogenated alkanes) is 3. The molecule has 1 aromatic heterocycles. The molecule has 3 nitrogen and oxygen atoms in total. The van der Waals surface area contributed by atoms with Gasteiger partial charge in [0.15, 0.2) is 0 Å². The molecule has 1 rings (SSSR count). The van der Waals surface area contributed by atoms with E-state index in [0.29, 0.717) is 0 Å². The summed E-state index contributed by atoms with van der Waals surface area (Å²) in [7, 11) is 2.19. The second-order valence-corrected chi connectivity index (χ2v) is 5.93. The van der Waals surface area contributed by atoms with Gasteiger partial charge < -0.3 is 10.2 Å². The summed E-state index contributed by atoms with van der Waals surface area (Å²) in [4.78, 5) is 6.87. The molecule has 104 valence electrons. The molecule has 4 heteroatoms. The van der Waals surface area contributed by atoms with Crippen molar-refractivity contribution in [1.82, 2.24) is 15.2 Å². The minimum atomic E-state index is 0.988. The second kappa shape index (κ2) is 9.48. The summed E-state index contributed by atoms with van der Waals surface area (Å²) in [6, 6.07) is 0. The Kier molecular flexibility index (Phi) is 8.22. The average molecular weight is 269 g/mol. The molecule has 18 heavy (non-hydrogen) atoms. The number of thiazole rings is 1. The molecule has 0 aliphatic heterocycles. The first-order chi connectivity index (χ1) is 8.72. The van der Waals surface area contributed by atoms with Crippen LogP contribution in [-0.2, 0) is 6.54 Å². The summed E-state index contributed by atoms with van der Waals surface area (Å²) in [5.41, 5.74) is 1.21. The first kappa shape index (κ1) is 15.6. The minimum Gasteiger partial charge on any atom is -0.317 e. The molecule has 0 atom stereocenters. The van der Waals surface area contributed by atoms with E-state index in [-0.39, 0.29) is 0 Å². The van der Waals surface area contributed by atoms with Gasteiger partial charge in [0.1, 0.15) is 0 Å². The first-order valence-electron chi connectivity index (χ1n) is 7.02. The highest BCUT2D eigenvalue weighted by molar-refractivity contribution is 7.09. The zero-order valence-electron chi connectivity index (χ0n) is 12.0. The third-order valence-corrected chi connectivity index (χ3v) is 3.81. The van der Waals surface area contributed by atoms with Crippen LogP contribution in [0.1, 0.15) is 43.3 Å². The lowest BCUT2D eigenvalue weighted by molar-refractivity contribution is 0.313. The van der Waals surface area contributed by atoms with Crippen LogP contribution in [-0.4, -0.2) is 36.6 Å². The van der Waals surface area contributed by atoms with Crippen molar-refractivity contribution in [3.8, 4) is 0 Å². The van der Waals surface area contributed by atoms with Crippen molar-refractivity contribution in [2.24, 2.45) is 0 Å². The summed E-state index contributed by atoms with van der Waals surface area (Å²) in [5.74, 6) is 0. The summed E-state index contributed by atoms with van der Waals surface area (Å²) in [6.07, 6.45) is 5.29. The van der Waals surface area contributed by atoms with E-state index in [1.54, 1.807) is 11.3 Å². The Morgan fingerprint density at radius 3 is 2.72 bits per heavy atom. The highest BCUT2D eigenvalue weighted by Crippen LogP contribution is 2.10. The van der Waals surface area contributed by atoms with E-state index in [9.17, 15) is 0 Å². The van der Waals surface area contributed by atoms with Gasteiger partial charge >= 0.3 is 0 Å². The zero-order valence-corrected chi connectivity index (χ0v) is 12.9. The van der Waals surface area contributed by atoms with E-state index in [1.807, 2.05) is 0 Å². The summed E-state index contributed by atoms with van der Waals surface area (Å²) >= 11 is 1.74. The van der Waals surface area contributed by atoms with Gasteiger partial charge in [0, 0.05) is 11.9 Å². The molecule has 0 aromatic carbocycles. The number of rotatable bonds is 10. The highest BCUT2D eigenvalue weighted by atomic mass is 32.1. The van der Waals surface area contributed by atoms with Crippen molar-refractivity contribution in [1.29, 1.82) is 0 Å². The van der Waals surface area contributed by atoms with Crippen LogP contribution in [0.2, 0.25) is 0 Å². The van der Waals surface area contributed by atoms with E-state index in [4.69, 9.17) is 0 Å². The predicted octanol–water partition coefficient (Wildman–Crippen LogP) is 3.05. The quantitative estimate of drug-likeness (QED) is 0.662. The molecule has 0 saturated carbocycles. The SMILES string of the molecule is CCNCCCCCCN(C)Cc1csc(C)n1. The lowest BCUT2D eigenvalue weighted by atomic mass is 10.2. The molecule has 0 bridgehead atoms. The number of nitrogens with one attached hydrogen (secondary N) is 1. The average Bonchev–Trinajstić information content (AvgIpc) is 2.73. The van der Waals surface area contributed by atoms with Crippen molar-refractivity contribution in [2.45, 2.75) is 46.1 Å². The van der Waals surface area contributed by atoms with Gasteiger partial charge in [-0.1, -0.05) is 19.8 Å². The van der Waals surface area contributed by atoms with Gasteiger partial charge in [0.05, 0.1) is 10.7 Å². The standard InChI is InChI=1S/C14H27N3S/c1-4-15-9-7-5-6-8-10-17(3)11-14-12-18-13(2)16-14/h12,15H,4-11H2,1-3H3. The van der Waals surface area contributed by atoms with Gasteiger partial charge in [0.25, 0.3) is 0 Å². The number of hydrogen-bond acceptors (Lipinski definition) is 4. The minimum absolute atomic E-state index is 0.988. The largest absolute Gasteiger partial charge is 0.317 e. The molecule has 1 aromatic rings. The lowest BCUT2D eigenvalue weighted by Crippen LogP contribution is -2.19. The fourth-order valence-corrected chi connectivity index (χ4v) is 2.60. The van der Waals surface area contributed by atoms with E-state index < -0.39 is 0 Å². The van der Waals surface area contributed by atoms with E-state index >= 15 is 0 Å². The molecular formula is C14H27N3S. The van der Waals surface area contributed by atoms with Crippen LogP contribution in [0, 0.1) is 6.92 Å². The monoisotopic (exact) mass is 269 g/mol. The maximum Gasteiger partial charge on any atom is 0.0897 e. The Hall–Kier alpha value is -0.450. The Balaban J connectivity index is 1.98. The van der Waals surface area contributed by atoms with Crippen LogP contribution in [0.4, 0.5) is 0 Å². The van der Waals surface area contributed by atoms with Crippen LogP contribution in [0.5, 0.6) is 0 Å². The maximum atomic E-state index is 4.50. The summed E-state index contributed by atoms with van der Waals surface area (Å²) < 4.78 is 0. The van der Waals surface area contributed by atoms with Gasteiger partial charge in [-0.2, -0.15) is 0 Å². The highest BCUT2D eigenvalue weighted by Gasteiger charge is 2.03. The lowest BCUT2D eigenvalue weighted by Gasteiger charge is -2.14. The number of aromatic nitrogens is 1. The summed E-state index contributed by atoms with van der Waals surface area (Å²) in [5, 5.41) is 6.70. The topological polar surface area (TPSA) is 28.2 Å². The van der Waals surface area contributed by atoms with E-state index in [1.165, 1.54) is 49.5 Å². The smallest absolute Gasteiger partial charge is 0.0897 e. The van der Waals surface area contributed by atoms with Gasteiger partial charge in [-0.05, 0) is 46.4 Å². The normalized spacial score (nSPS) is 11.3. The van der Waals surface area contributed by atoms with Crippen LogP contribution >= 0.6 is 11.3 Å². The number of hydrogen-bond donors (Lipinski definition) is 1. The maximum absolute atomic E-state index is 4.50. The van der Waals surface area contributed by atoms with Crippen LogP contribution in [0.15, 0.2) is 5.38 Å². The van der Waals surface area contributed by atoms with Crippen molar-refractivity contribution in [3.05, 3.63) is 16.1 Å². The Bertz CT molecular complexity index is 312. The van der Waals surface area contributed by atoms with Crippen LogP contribution in [0.3, 0.4) is 0 Å². The molecule has 0 saturated heterocycles. The second-order valence-electron chi connectivity index (χ2n) is 4.86. The fourth-order valence-electron chi connectivity index (χ4n) is 2.00. The van der Waals surface area contributed by atoms with E-state index in [2.05, 4.69) is 41.5 Å². The van der Waals surface area contributed by atoms with Crippen LogP contribution < -0.4 is 5.32 Å². The molecule has 1 N–H and O–H groups in total. The van der Waals surface area contributed by atoms with Gasteiger partial charge in [0.2, 0.25) is 0 Å². The van der Waals surface area contributed by atoms with Crippen molar-refractivity contribution in [2.75, 3.05) is 26.7 Å². The molecule has 0 fully saturated rings. The molecule has 0 radical (unpaired) electrons. The number of nitrogens with zero attached hydrogens (tertiary/aromatic N) is 2. The van der Waals surface area contributed by atoms with Gasteiger partial charge in [-0.3, -0.25) is 0 Å². The van der Waals surface area contributed by atoms with E-state index in [0.717, 1.165) is 13.1 Å². The summed E-state index contributed by atoms with van der Waals surface area (Å²) in [6.45, 7) is 8.66. The third kappa shape index (κ3) is 7.09. The fraction of sp³-hybridized carbons (Fsp3) is 0.786. The predicted molar refractivity (Wildman–Crippen MR) is 80.2 cm³/mol. The Morgan fingerprint density at radius 1 is 1.28 bits per heavy atom. The molecular weight excluding hydrogens is 242 g/mol. The molecule has 0 spiro atoms. The van der Waals surface area contributed by atoms with Crippen molar-refractivity contribution >= 4 is 11.3 Å². The molecule has 0 aliphatic rings. The molecule has 0 amide bonds. The van der Waals surface area contributed by atoms with Crippen molar-refractivity contribution in [3.63, 3.8) is 0 Å².